The summed E-state index contributed by atoms with van der Waals surface area (Å²) < 4.78 is 17.8. The normalized spacial score (nSPS) is 10.1. The first-order valence-electron chi connectivity index (χ1n) is 3.98. The van der Waals surface area contributed by atoms with Gasteiger partial charge in [0.15, 0.2) is 0 Å². The van der Waals surface area contributed by atoms with E-state index < -0.39 is 0 Å². The zero-order chi connectivity index (χ0) is 9.97. The molecule has 0 spiro atoms. The van der Waals surface area contributed by atoms with Crippen molar-refractivity contribution in [2.75, 3.05) is 5.73 Å². The minimum Gasteiger partial charge on any atom is -0.437 e. The molecule has 3 N–H and O–H groups in total. The first-order valence-corrected chi connectivity index (χ1v) is 3.98. The van der Waals surface area contributed by atoms with Gasteiger partial charge in [-0.2, -0.15) is 0 Å². The average molecular weight is 193 g/mol. The van der Waals surface area contributed by atoms with Crippen LogP contribution in [0.1, 0.15) is 0 Å². The van der Waals surface area contributed by atoms with Gasteiger partial charge in [0, 0.05) is 6.07 Å². The van der Waals surface area contributed by atoms with E-state index in [1.54, 1.807) is 6.07 Å². The van der Waals surface area contributed by atoms with E-state index in [0.717, 1.165) is 0 Å². The van der Waals surface area contributed by atoms with Gasteiger partial charge in [-0.25, -0.2) is 4.39 Å². The van der Waals surface area contributed by atoms with E-state index in [0.29, 0.717) is 17.4 Å². The van der Waals surface area contributed by atoms with Crippen LogP contribution in [0.3, 0.4) is 0 Å². The van der Waals surface area contributed by atoms with Gasteiger partial charge >= 0.3 is 0 Å². The van der Waals surface area contributed by atoms with E-state index >= 15 is 0 Å². The second-order valence-corrected chi connectivity index (χ2v) is 2.72. The van der Waals surface area contributed by atoms with Crippen LogP contribution >= 0.6 is 0 Å². The number of rotatable bonds is 2. The van der Waals surface area contributed by atoms with Gasteiger partial charge in [0.05, 0.1) is 0 Å². The Morgan fingerprint density at radius 3 is 2.57 bits per heavy atom. The van der Waals surface area contributed by atoms with Gasteiger partial charge in [-0.05, 0) is 24.3 Å². The highest BCUT2D eigenvalue weighted by atomic mass is 19.1. The van der Waals surface area contributed by atoms with E-state index in [2.05, 4.69) is 10.2 Å². The minimum atomic E-state index is -0.307. The second kappa shape index (κ2) is 3.37. The standard InChI is InChI=1S/C9H8FN3O/c10-6-1-3-7(4-2-6)14-9-5-8(11)12-13-9/h1-5H,(H3,11,12,13). The second-order valence-electron chi connectivity index (χ2n) is 2.72. The summed E-state index contributed by atoms with van der Waals surface area (Å²) in [5.74, 6) is 0.980. The molecule has 2 rings (SSSR count). The monoisotopic (exact) mass is 193 g/mol. The van der Waals surface area contributed by atoms with E-state index in [9.17, 15) is 4.39 Å². The van der Waals surface area contributed by atoms with E-state index in [1.807, 2.05) is 0 Å². The van der Waals surface area contributed by atoms with E-state index in [4.69, 9.17) is 10.5 Å². The van der Waals surface area contributed by atoms with Crippen molar-refractivity contribution in [2.24, 2.45) is 0 Å². The van der Waals surface area contributed by atoms with Crippen LogP contribution in [0.2, 0.25) is 0 Å². The predicted octanol–water partition coefficient (Wildman–Crippen LogP) is 1.92. The Kier molecular flexibility index (Phi) is 2.06. The van der Waals surface area contributed by atoms with Crippen molar-refractivity contribution in [1.29, 1.82) is 0 Å². The van der Waals surface area contributed by atoms with Gasteiger partial charge in [-0.3, -0.25) is 5.10 Å². The maximum Gasteiger partial charge on any atom is 0.240 e. The third-order valence-corrected chi connectivity index (χ3v) is 1.61. The Labute approximate surface area is 79.5 Å². The van der Waals surface area contributed by atoms with Gasteiger partial charge in [0.25, 0.3) is 0 Å². The maximum atomic E-state index is 12.5. The molecule has 1 aromatic heterocycles. The SMILES string of the molecule is Nc1cc(Oc2ccc(F)cc2)n[nH]1. The predicted molar refractivity (Wildman–Crippen MR) is 49.5 cm³/mol. The van der Waals surface area contributed by atoms with Crippen LogP contribution in [0.15, 0.2) is 30.3 Å². The molecule has 0 fully saturated rings. The summed E-state index contributed by atoms with van der Waals surface area (Å²) in [5, 5.41) is 6.30. The number of hydrogen-bond donors (Lipinski definition) is 2. The zero-order valence-corrected chi connectivity index (χ0v) is 7.20. The van der Waals surface area contributed by atoms with Crippen molar-refractivity contribution in [1.82, 2.24) is 10.2 Å². The van der Waals surface area contributed by atoms with Gasteiger partial charge in [0.1, 0.15) is 17.4 Å². The first kappa shape index (κ1) is 8.55. The van der Waals surface area contributed by atoms with Crippen molar-refractivity contribution in [3.05, 3.63) is 36.1 Å². The molecule has 1 aromatic carbocycles. The van der Waals surface area contributed by atoms with Gasteiger partial charge in [-0.15, -0.1) is 5.10 Å². The maximum absolute atomic E-state index is 12.5. The third kappa shape index (κ3) is 1.82. The molecule has 72 valence electrons. The van der Waals surface area contributed by atoms with Gasteiger partial charge in [0.2, 0.25) is 5.88 Å². The lowest BCUT2D eigenvalue weighted by Gasteiger charge is -1.99. The Morgan fingerprint density at radius 1 is 1.29 bits per heavy atom. The Bertz CT molecular complexity index is 424. The highest BCUT2D eigenvalue weighted by Gasteiger charge is 2.00. The van der Waals surface area contributed by atoms with Gasteiger partial charge in [-0.1, -0.05) is 0 Å². The molecule has 0 unspecified atom stereocenters. The molecule has 0 aliphatic heterocycles. The molecular formula is C9H8FN3O. The number of nitrogens with one attached hydrogen (secondary N) is 1. The summed E-state index contributed by atoms with van der Waals surface area (Å²) in [4.78, 5) is 0. The summed E-state index contributed by atoms with van der Waals surface area (Å²) in [6.07, 6.45) is 0. The quantitative estimate of drug-likeness (QED) is 0.765. The third-order valence-electron chi connectivity index (χ3n) is 1.61. The van der Waals surface area contributed by atoms with Gasteiger partial charge < -0.3 is 10.5 Å². The number of H-pyrrole nitrogens is 1. The van der Waals surface area contributed by atoms with E-state index in [-0.39, 0.29) is 5.82 Å². The van der Waals surface area contributed by atoms with Crippen LogP contribution < -0.4 is 10.5 Å². The summed E-state index contributed by atoms with van der Waals surface area (Å²) in [7, 11) is 0. The van der Waals surface area contributed by atoms with Crippen molar-refractivity contribution in [2.45, 2.75) is 0 Å². The Balaban J connectivity index is 2.15. The number of benzene rings is 1. The zero-order valence-electron chi connectivity index (χ0n) is 7.20. The number of aromatic amines is 1. The fourth-order valence-electron chi connectivity index (χ4n) is 0.993. The molecule has 14 heavy (non-hydrogen) atoms. The lowest BCUT2D eigenvalue weighted by Crippen LogP contribution is -1.84. The molecule has 0 aliphatic rings. The molecule has 0 saturated heterocycles. The molecule has 2 aromatic rings. The number of nitrogen functional groups attached to an aromatic ring is 1. The number of halogens is 1. The smallest absolute Gasteiger partial charge is 0.240 e. The highest BCUT2D eigenvalue weighted by molar-refractivity contribution is 5.34. The number of nitrogens with zero attached hydrogens (tertiary/aromatic N) is 1. The number of nitrogens with two attached hydrogens (primary N) is 1. The Morgan fingerprint density at radius 2 is 2.00 bits per heavy atom. The summed E-state index contributed by atoms with van der Waals surface area (Å²) >= 11 is 0. The first-order chi connectivity index (χ1) is 6.74. The largest absolute Gasteiger partial charge is 0.437 e. The van der Waals surface area contributed by atoms with E-state index in [1.165, 1.54) is 24.3 Å². The molecule has 0 saturated carbocycles. The van der Waals surface area contributed by atoms with Crippen molar-refractivity contribution in [3.8, 4) is 11.6 Å². The number of aromatic nitrogens is 2. The van der Waals surface area contributed by atoms with Crippen LogP contribution in [0.4, 0.5) is 10.2 Å². The average Bonchev–Trinajstić information content (AvgIpc) is 2.56. The van der Waals surface area contributed by atoms with Crippen LogP contribution in [0.5, 0.6) is 11.6 Å². The molecule has 0 aliphatic carbocycles. The number of ether oxygens (including phenoxy) is 1. The number of hydrogen-bond acceptors (Lipinski definition) is 3. The van der Waals surface area contributed by atoms with Crippen molar-refractivity contribution in [3.63, 3.8) is 0 Å². The summed E-state index contributed by atoms with van der Waals surface area (Å²) in [6.45, 7) is 0. The topological polar surface area (TPSA) is 63.9 Å². The molecular weight excluding hydrogens is 185 g/mol. The fraction of sp³-hybridized carbons (Fsp3) is 0. The van der Waals surface area contributed by atoms with Crippen molar-refractivity contribution >= 4 is 5.82 Å². The molecule has 0 atom stereocenters. The molecule has 0 radical (unpaired) electrons. The molecule has 0 amide bonds. The van der Waals surface area contributed by atoms with Crippen LogP contribution in [0, 0.1) is 5.82 Å². The van der Waals surface area contributed by atoms with Crippen molar-refractivity contribution < 1.29 is 9.13 Å². The Hall–Kier alpha value is -2.04. The van der Waals surface area contributed by atoms with Crippen LogP contribution in [-0.2, 0) is 0 Å². The van der Waals surface area contributed by atoms with Crippen LogP contribution in [0.25, 0.3) is 0 Å². The molecule has 0 bridgehead atoms. The summed E-state index contributed by atoms with van der Waals surface area (Å²) in [6, 6.07) is 7.19. The molecule has 1 heterocycles. The fourth-order valence-corrected chi connectivity index (χ4v) is 0.993. The lowest BCUT2D eigenvalue weighted by atomic mass is 10.3. The molecule has 5 heteroatoms. The van der Waals surface area contributed by atoms with Crippen LogP contribution in [-0.4, -0.2) is 10.2 Å². The lowest BCUT2D eigenvalue weighted by molar-refractivity contribution is 0.460. The summed E-state index contributed by atoms with van der Waals surface area (Å²) in [5.41, 5.74) is 5.40. The number of anilines is 1. The minimum absolute atomic E-state index is 0.307. The highest BCUT2D eigenvalue weighted by Crippen LogP contribution is 2.20. The molecule has 4 nitrogen and oxygen atoms in total.